The molecule has 0 unspecified atom stereocenters. The van der Waals surface area contributed by atoms with Crippen LogP contribution in [-0.4, -0.2) is 81.2 Å². The summed E-state index contributed by atoms with van der Waals surface area (Å²) in [6.07, 6.45) is 0. The molecule has 3 atom stereocenters. The molecule has 0 aliphatic carbocycles. The highest BCUT2D eigenvalue weighted by molar-refractivity contribution is 8.01. The van der Waals surface area contributed by atoms with E-state index in [9.17, 15) is 14.4 Å². The molecule has 200 valence electrons. The Kier molecular flexibility index (Phi) is 8.13. The summed E-state index contributed by atoms with van der Waals surface area (Å²) in [7, 11) is 0. The summed E-state index contributed by atoms with van der Waals surface area (Å²) in [4.78, 5) is 43.2. The van der Waals surface area contributed by atoms with E-state index in [4.69, 9.17) is 32.5 Å². The summed E-state index contributed by atoms with van der Waals surface area (Å²) in [6, 6.07) is 3.41. The van der Waals surface area contributed by atoms with Gasteiger partial charge >= 0.3 is 5.97 Å². The van der Waals surface area contributed by atoms with Crippen LogP contribution in [0.4, 0.5) is 0 Å². The lowest BCUT2D eigenvalue weighted by molar-refractivity contribution is -0.163. The van der Waals surface area contributed by atoms with Crippen molar-refractivity contribution in [2.24, 2.45) is 0 Å². The highest BCUT2D eigenvalue weighted by Gasteiger charge is 2.64. The van der Waals surface area contributed by atoms with Gasteiger partial charge < -0.3 is 24.4 Å². The Labute approximate surface area is 230 Å². The van der Waals surface area contributed by atoms with Crippen molar-refractivity contribution in [3.05, 3.63) is 39.6 Å². The first-order chi connectivity index (χ1) is 17.5. The number of hydrogen-bond acceptors (Lipinski definition) is 8. The summed E-state index contributed by atoms with van der Waals surface area (Å²) in [6.45, 7) is 12.1. The van der Waals surface area contributed by atoms with Crippen LogP contribution in [0.25, 0.3) is 11.3 Å². The van der Waals surface area contributed by atoms with Gasteiger partial charge in [-0.25, -0.2) is 4.79 Å². The van der Waals surface area contributed by atoms with Crippen LogP contribution >= 0.6 is 35.0 Å². The number of likely N-dealkylation sites (N-methyl/N-ethyl adjacent to an activating group) is 1. The number of aromatic nitrogens is 1. The molecule has 1 aromatic carbocycles. The standard InChI is InChI=1S/C25H30Cl2N4O5S/c1-6-30(7-2)11-12-35-24(34)20-25(4,5)37-23-19(22(33)31(20)23)28-21(32)16-13(3)36-29-18(16)17-14(26)9-8-10-15(17)27/h8-10,19-20,23H,6-7,11-12H2,1-5H3,(H,28,32)/t19-,20+,23-/m1/s1. The number of nitrogens with one attached hydrogen (secondary N) is 1. The van der Waals surface area contributed by atoms with Crippen LogP contribution in [-0.2, 0) is 14.3 Å². The first-order valence-electron chi connectivity index (χ1n) is 12.1. The fraction of sp³-hybridized carbons (Fsp3) is 0.520. The molecule has 37 heavy (non-hydrogen) atoms. The summed E-state index contributed by atoms with van der Waals surface area (Å²) in [5.41, 5.74) is 0.720. The molecule has 0 saturated carbocycles. The maximum absolute atomic E-state index is 13.3. The van der Waals surface area contributed by atoms with Gasteiger partial charge in [0.15, 0.2) is 0 Å². The number of aryl methyl sites for hydroxylation is 1. The van der Waals surface area contributed by atoms with E-state index in [0.717, 1.165) is 13.1 Å². The molecule has 2 aromatic rings. The van der Waals surface area contributed by atoms with Gasteiger partial charge in [-0.3, -0.25) is 9.59 Å². The lowest BCUT2D eigenvalue weighted by Crippen LogP contribution is -2.70. The molecule has 2 aliphatic heterocycles. The predicted octanol–water partition coefficient (Wildman–Crippen LogP) is 4.00. The number of carbonyl (C=O) groups excluding carboxylic acids is 3. The third-order valence-corrected chi connectivity index (χ3v) is 8.99. The van der Waals surface area contributed by atoms with Crippen molar-refractivity contribution in [1.29, 1.82) is 0 Å². The molecule has 0 spiro atoms. The van der Waals surface area contributed by atoms with Crippen molar-refractivity contribution in [3.8, 4) is 11.3 Å². The quantitative estimate of drug-likeness (QED) is 0.357. The topological polar surface area (TPSA) is 105 Å². The van der Waals surface area contributed by atoms with Crippen LogP contribution in [0.3, 0.4) is 0 Å². The van der Waals surface area contributed by atoms with Crippen LogP contribution in [0.5, 0.6) is 0 Å². The molecular formula is C25H30Cl2N4O5S. The zero-order valence-electron chi connectivity index (χ0n) is 21.3. The molecule has 3 heterocycles. The highest BCUT2D eigenvalue weighted by atomic mass is 35.5. The second kappa shape index (κ2) is 10.8. The summed E-state index contributed by atoms with van der Waals surface area (Å²) in [5, 5.41) is 7.04. The predicted molar refractivity (Wildman–Crippen MR) is 143 cm³/mol. The number of nitrogens with zero attached hydrogens (tertiary/aromatic N) is 3. The monoisotopic (exact) mass is 568 g/mol. The lowest BCUT2D eigenvalue weighted by Gasteiger charge is -2.43. The van der Waals surface area contributed by atoms with Crippen LogP contribution in [0.1, 0.15) is 43.8 Å². The first kappa shape index (κ1) is 27.8. The minimum absolute atomic E-state index is 0.149. The largest absolute Gasteiger partial charge is 0.463 e. The second-order valence-electron chi connectivity index (χ2n) is 9.46. The summed E-state index contributed by atoms with van der Waals surface area (Å²) >= 11 is 14.1. The average Bonchev–Trinajstić information content (AvgIpc) is 3.34. The van der Waals surface area contributed by atoms with E-state index in [0.29, 0.717) is 22.2 Å². The van der Waals surface area contributed by atoms with Crippen LogP contribution in [0.15, 0.2) is 22.7 Å². The van der Waals surface area contributed by atoms with E-state index in [1.807, 2.05) is 27.7 Å². The number of halogens is 2. The number of hydrogen-bond donors (Lipinski definition) is 1. The minimum atomic E-state index is -0.811. The number of β-lactam (4-membered cyclic amide) rings is 1. The Morgan fingerprint density at radius 2 is 1.89 bits per heavy atom. The summed E-state index contributed by atoms with van der Waals surface area (Å²) in [5.74, 6) is -1.04. The average molecular weight is 570 g/mol. The molecule has 2 fully saturated rings. The van der Waals surface area contributed by atoms with Gasteiger partial charge in [0.2, 0.25) is 5.91 Å². The third-order valence-electron chi connectivity index (χ3n) is 6.79. The van der Waals surface area contributed by atoms with Gasteiger partial charge in [0.25, 0.3) is 5.91 Å². The Bertz CT molecular complexity index is 1200. The van der Waals surface area contributed by atoms with E-state index >= 15 is 0 Å². The third kappa shape index (κ3) is 5.08. The molecule has 1 N–H and O–H groups in total. The Balaban J connectivity index is 1.48. The van der Waals surface area contributed by atoms with Crippen LogP contribution in [0, 0.1) is 6.92 Å². The van der Waals surface area contributed by atoms with Crippen molar-refractivity contribution in [3.63, 3.8) is 0 Å². The van der Waals surface area contributed by atoms with Crippen molar-refractivity contribution in [2.75, 3.05) is 26.2 Å². The minimum Gasteiger partial charge on any atom is -0.463 e. The Morgan fingerprint density at radius 3 is 2.51 bits per heavy atom. The van der Waals surface area contributed by atoms with Gasteiger partial charge in [-0.15, -0.1) is 11.8 Å². The van der Waals surface area contributed by atoms with Crippen molar-refractivity contribution < 1.29 is 23.6 Å². The zero-order valence-corrected chi connectivity index (χ0v) is 23.7. The van der Waals surface area contributed by atoms with Gasteiger partial charge in [-0.2, -0.15) is 0 Å². The molecule has 12 heteroatoms. The SMILES string of the molecule is CCN(CC)CCOC(=O)[C@@H]1N2C(=O)[C@@H](NC(=O)c3c(-c4c(Cl)cccc4Cl)noc3C)[C@H]2SC1(C)C. The van der Waals surface area contributed by atoms with Gasteiger partial charge in [-0.05, 0) is 46.0 Å². The number of carbonyl (C=O) groups is 3. The molecule has 0 radical (unpaired) electrons. The lowest BCUT2D eigenvalue weighted by atomic mass is 9.95. The van der Waals surface area contributed by atoms with E-state index in [2.05, 4.69) is 15.4 Å². The van der Waals surface area contributed by atoms with Gasteiger partial charge in [-0.1, -0.05) is 48.3 Å². The maximum atomic E-state index is 13.3. The van der Waals surface area contributed by atoms with E-state index in [-0.39, 0.29) is 29.5 Å². The molecular weight excluding hydrogens is 539 g/mol. The number of amides is 2. The molecule has 1 aromatic heterocycles. The fourth-order valence-electron chi connectivity index (χ4n) is 4.77. The molecule has 2 saturated heterocycles. The Hall–Kier alpha value is -2.27. The van der Waals surface area contributed by atoms with Crippen LogP contribution in [0.2, 0.25) is 10.0 Å². The molecule has 0 bridgehead atoms. The number of benzene rings is 1. The maximum Gasteiger partial charge on any atom is 0.330 e. The molecule has 2 amide bonds. The van der Waals surface area contributed by atoms with E-state index in [1.54, 1.807) is 25.1 Å². The van der Waals surface area contributed by atoms with Crippen LogP contribution < -0.4 is 5.32 Å². The van der Waals surface area contributed by atoms with Gasteiger partial charge in [0.05, 0.1) is 10.0 Å². The van der Waals surface area contributed by atoms with Crippen molar-refractivity contribution >= 4 is 52.7 Å². The molecule has 4 rings (SSSR count). The fourth-order valence-corrected chi connectivity index (χ4v) is 6.97. The first-order valence-corrected chi connectivity index (χ1v) is 13.8. The molecule has 2 aliphatic rings. The normalized spacial score (nSPS) is 22.1. The number of thioether (sulfide) groups is 1. The second-order valence-corrected chi connectivity index (χ2v) is 12.0. The zero-order chi connectivity index (χ0) is 27.1. The number of rotatable bonds is 9. The Morgan fingerprint density at radius 1 is 1.24 bits per heavy atom. The highest BCUT2D eigenvalue weighted by Crippen LogP contribution is 2.51. The van der Waals surface area contributed by atoms with E-state index < -0.39 is 34.1 Å². The number of fused-ring (bicyclic) bond motifs is 1. The smallest absolute Gasteiger partial charge is 0.330 e. The number of esters is 1. The molecule has 9 nitrogen and oxygen atoms in total. The number of ether oxygens (including phenoxy) is 1. The van der Waals surface area contributed by atoms with E-state index in [1.165, 1.54) is 16.7 Å². The van der Waals surface area contributed by atoms with Crippen molar-refractivity contribution in [1.82, 2.24) is 20.3 Å². The van der Waals surface area contributed by atoms with Gasteiger partial charge in [0, 0.05) is 16.9 Å². The summed E-state index contributed by atoms with van der Waals surface area (Å²) < 4.78 is 10.3. The van der Waals surface area contributed by atoms with Gasteiger partial charge in [0.1, 0.15) is 41.1 Å². The van der Waals surface area contributed by atoms with Crippen molar-refractivity contribution in [2.45, 2.75) is 56.8 Å².